The molecule has 1 aromatic rings. The van der Waals surface area contributed by atoms with Crippen molar-refractivity contribution in [1.29, 1.82) is 0 Å². The van der Waals surface area contributed by atoms with Crippen LogP contribution in [0.25, 0.3) is 0 Å². The van der Waals surface area contributed by atoms with E-state index in [0.29, 0.717) is 5.56 Å². The summed E-state index contributed by atoms with van der Waals surface area (Å²) in [5.74, 6) is -1.29. The molecule has 0 spiro atoms. The van der Waals surface area contributed by atoms with Gasteiger partial charge in [-0.05, 0) is 17.7 Å². The molecule has 0 saturated carbocycles. The molecule has 8 nitrogen and oxygen atoms in total. The number of nitrogens with zero attached hydrogens (tertiary/aromatic N) is 2. The Kier molecular flexibility index (Phi) is 7.55. The molecule has 1 N–H and O–H groups in total. The van der Waals surface area contributed by atoms with Gasteiger partial charge in [-0.2, -0.15) is 0 Å². The molecule has 1 saturated heterocycles. The fourth-order valence-corrected chi connectivity index (χ4v) is 2.47. The van der Waals surface area contributed by atoms with Gasteiger partial charge in [-0.3, -0.25) is 14.5 Å². The molecular formula is C18H25N3O5. The minimum Gasteiger partial charge on any atom is -0.452 e. The van der Waals surface area contributed by atoms with Crippen molar-refractivity contribution < 1.29 is 23.9 Å². The number of esters is 1. The molecule has 1 fully saturated rings. The number of ether oxygens (including phenoxy) is 2. The van der Waals surface area contributed by atoms with Crippen LogP contribution in [-0.4, -0.2) is 81.1 Å². The van der Waals surface area contributed by atoms with Crippen LogP contribution in [0.15, 0.2) is 24.3 Å². The molecule has 0 aliphatic carbocycles. The summed E-state index contributed by atoms with van der Waals surface area (Å²) >= 11 is 0. The molecule has 0 radical (unpaired) electrons. The highest BCUT2D eigenvalue weighted by atomic mass is 16.5. The van der Waals surface area contributed by atoms with Gasteiger partial charge in [-0.15, -0.1) is 0 Å². The number of nitrogens with one attached hydrogen (secondary N) is 1. The lowest BCUT2D eigenvalue weighted by molar-refractivity contribution is -0.137. The zero-order valence-electron chi connectivity index (χ0n) is 15.2. The Morgan fingerprint density at radius 2 is 1.85 bits per heavy atom. The molecule has 0 bridgehead atoms. The van der Waals surface area contributed by atoms with Crippen molar-refractivity contribution in [3.05, 3.63) is 35.4 Å². The fraction of sp³-hybridized carbons (Fsp3) is 0.500. The van der Waals surface area contributed by atoms with Crippen LogP contribution in [0, 0.1) is 0 Å². The molecule has 8 heteroatoms. The Hall–Kier alpha value is -2.45. The molecule has 1 aliphatic rings. The highest BCUT2D eigenvalue weighted by Crippen LogP contribution is 2.10. The molecule has 0 atom stereocenters. The first-order valence-electron chi connectivity index (χ1n) is 8.50. The minimum absolute atomic E-state index is 0.0802. The molecule has 2 rings (SSSR count). The van der Waals surface area contributed by atoms with Gasteiger partial charge in [0.05, 0.1) is 25.3 Å². The largest absolute Gasteiger partial charge is 0.452 e. The Balaban J connectivity index is 1.79. The fourth-order valence-electron chi connectivity index (χ4n) is 2.47. The van der Waals surface area contributed by atoms with Crippen molar-refractivity contribution in [2.45, 2.75) is 6.54 Å². The van der Waals surface area contributed by atoms with Crippen molar-refractivity contribution in [2.75, 3.05) is 53.6 Å². The van der Waals surface area contributed by atoms with E-state index in [1.807, 2.05) is 12.1 Å². The van der Waals surface area contributed by atoms with Crippen LogP contribution in [0.5, 0.6) is 0 Å². The summed E-state index contributed by atoms with van der Waals surface area (Å²) in [6, 6.07) is 7.14. The highest BCUT2D eigenvalue weighted by Gasteiger charge is 2.16. The summed E-state index contributed by atoms with van der Waals surface area (Å²) in [5.41, 5.74) is 1.49. The second-order valence-electron chi connectivity index (χ2n) is 6.08. The number of hydrogen-bond donors (Lipinski definition) is 1. The number of carbonyl (C=O) groups is 3. The topological polar surface area (TPSA) is 88.2 Å². The monoisotopic (exact) mass is 363 g/mol. The van der Waals surface area contributed by atoms with E-state index in [2.05, 4.69) is 10.2 Å². The standard InChI is InChI=1S/C18H25N3O5/c1-19-16(22)12-20(2)17(23)13-26-18(24)15-5-3-14(4-6-15)11-21-7-9-25-10-8-21/h3-6H,7-13H2,1-2H3,(H,19,22). The first-order valence-corrected chi connectivity index (χ1v) is 8.50. The summed E-state index contributed by atoms with van der Waals surface area (Å²) in [6.07, 6.45) is 0. The van der Waals surface area contributed by atoms with Crippen molar-refractivity contribution >= 4 is 17.8 Å². The third-order valence-electron chi connectivity index (χ3n) is 4.11. The minimum atomic E-state index is -0.565. The molecule has 26 heavy (non-hydrogen) atoms. The zero-order valence-corrected chi connectivity index (χ0v) is 15.2. The number of hydrogen-bond acceptors (Lipinski definition) is 6. The summed E-state index contributed by atoms with van der Waals surface area (Å²) in [4.78, 5) is 38.6. The first-order chi connectivity index (χ1) is 12.5. The SMILES string of the molecule is CNC(=O)CN(C)C(=O)COC(=O)c1ccc(CN2CCOCC2)cc1. The quantitative estimate of drug-likeness (QED) is 0.680. The lowest BCUT2D eigenvalue weighted by Gasteiger charge is -2.26. The number of morpholine rings is 1. The van der Waals surface area contributed by atoms with Crippen molar-refractivity contribution in [3.63, 3.8) is 0 Å². The van der Waals surface area contributed by atoms with Crippen LogP contribution in [0.2, 0.25) is 0 Å². The molecular weight excluding hydrogens is 338 g/mol. The highest BCUT2D eigenvalue weighted by molar-refractivity contribution is 5.92. The second kappa shape index (κ2) is 9.88. The molecule has 1 aromatic carbocycles. The predicted octanol–water partition coefficient (Wildman–Crippen LogP) is -0.120. The Morgan fingerprint density at radius 1 is 1.19 bits per heavy atom. The molecule has 0 aromatic heterocycles. The van der Waals surface area contributed by atoms with E-state index < -0.39 is 18.5 Å². The normalized spacial score (nSPS) is 14.5. The van der Waals surface area contributed by atoms with Gasteiger partial charge in [0.25, 0.3) is 5.91 Å². The molecule has 0 unspecified atom stereocenters. The van der Waals surface area contributed by atoms with Gasteiger partial charge in [-0.1, -0.05) is 12.1 Å². The predicted molar refractivity (Wildman–Crippen MR) is 94.5 cm³/mol. The van der Waals surface area contributed by atoms with Crippen LogP contribution < -0.4 is 5.32 Å². The summed E-state index contributed by atoms with van der Waals surface area (Å²) in [6.45, 7) is 3.61. The van der Waals surface area contributed by atoms with Crippen LogP contribution in [0.4, 0.5) is 0 Å². The summed E-state index contributed by atoms with van der Waals surface area (Å²) in [7, 11) is 2.97. The van der Waals surface area contributed by atoms with Gasteiger partial charge in [0.2, 0.25) is 5.91 Å². The van der Waals surface area contributed by atoms with Crippen molar-refractivity contribution in [3.8, 4) is 0 Å². The van der Waals surface area contributed by atoms with E-state index in [1.54, 1.807) is 12.1 Å². The Morgan fingerprint density at radius 3 is 2.46 bits per heavy atom. The van der Waals surface area contributed by atoms with Crippen LogP contribution in [-0.2, 0) is 25.6 Å². The van der Waals surface area contributed by atoms with Gasteiger partial charge >= 0.3 is 5.97 Å². The number of amides is 2. The molecule has 1 heterocycles. The van der Waals surface area contributed by atoms with E-state index in [1.165, 1.54) is 19.0 Å². The van der Waals surface area contributed by atoms with E-state index in [0.717, 1.165) is 38.4 Å². The maximum Gasteiger partial charge on any atom is 0.338 e. The number of likely N-dealkylation sites (N-methyl/N-ethyl adjacent to an activating group) is 2. The van der Waals surface area contributed by atoms with Crippen molar-refractivity contribution in [2.24, 2.45) is 0 Å². The van der Waals surface area contributed by atoms with Gasteiger partial charge in [0.15, 0.2) is 6.61 Å². The zero-order chi connectivity index (χ0) is 18.9. The van der Waals surface area contributed by atoms with Gasteiger partial charge in [0, 0.05) is 33.7 Å². The van der Waals surface area contributed by atoms with Gasteiger partial charge in [-0.25, -0.2) is 4.79 Å². The number of rotatable bonds is 7. The van der Waals surface area contributed by atoms with E-state index in [-0.39, 0.29) is 12.5 Å². The Labute approximate surface area is 153 Å². The average Bonchev–Trinajstić information content (AvgIpc) is 2.67. The van der Waals surface area contributed by atoms with Crippen LogP contribution in [0.1, 0.15) is 15.9 Å². The van der Waals surface area contributed by atoms with Crippen LogP contribution >= 0.6 is 0 Å². The lowest BCUT2D eigenvalue weighted by Crippen LogP contribution is -2.39. The van der Waals surface area contributed by atoms with Gasteiger partial charge in [0.1, 0.15) is 0 Å². The second-order valence-corrected chi connectivity index (χ2v) is 6.08. The third kappa shape index (κ3) is 6.12. The molecule has 2 amide bonds. The maximum absolute atomic E-state index is 12.1. The third-order valence-corrected chi connectivity index (χ3v) is 4.11. The first kappa shape index (κ1) is 19.9. The lowest BCUT2D eigenvalue weighted by atomic mass is 10.1. The summed E-state index contributed by atoms with van der Waals surface area (Å²) < 4.78 is 10.3. The van der Waals surface area contributed by atoms with E-state index in [9.17, 15) is 14.4 Å². The van der Waals surface area contributed by atoms with Crippen LogP contribution in [0.3, 0.4) is 0 Å². The summed E-state index contributed by atoms with van der Waals surface area (Å²) in [5, 5.41) is 2.42. The molecule has 1 aliphatic heterocycles. The molecule has 142 valence electrons. The van der Waals surface area contributed by atoms with E-state index >= 15 is 0 Å². The maximum atomic E-state index is 12.1. The number of benzene rings is 1. The smallest absolute Gasteiger partial charge is 0.338 e. The van der Waals surface area contributed by atoms with E-state index in [4.69, 9.17) is 9.47 Å². The number of carbonyl (C=O) groups excluding carboxylic acids is 3. The average molecular weight is 363 g/mol. The van der Waals surface area contributed by atoms with Gasteiger partial charge < -0.3 is 19.7 Å². The van der Waals surface area contributed by atoms with Crippen molar-refractivity contribution in [1.82, 2.24) is 15.1 Å². The Bertz CT molecular complexity index is 626.